The number of esters is 1. The highest BCUT2D eigenvalue weighted by atomic mass is 16.6. The molecule has 0 bridgehead atoms. The molecule has 0 aliphatic carbocycles. The maximum Gasteiger partial charge on any atom is 0.331 e. The van der Waals surface area contributed by atoms with Crippen LogP contribution in [0.3, 0.4) is 0 Å². The summed E-state index contributed by atoms with van der Waals surface area (Å²) in [6.45, 7) is 15.8. The van der Waals surface area contributed by atoms with Crippen molar-refractivity contribution >= 4 is 5.97 Å². The zero-order chi connectivity index (χ0) is 12.7. The average molecular weight is 227 g/mol. The lowest BCUT2D eigenvalue weighted by Gasteiger charge is -2.31. The van der Waals surface area contributed by atoms with Gasteiger partial charge in [0.05, 0.1) is 0 Å². The summed E-state index contributed by atoms with van der Waals surface area (Å²) >= 11 is 0. The number of ether oxygens (including phenoxy) is 1. The van der Waals surface area contributed by atoms with Gasteiger partial charge in [-0.05, 0) is 18.8 Å². The minimum Gasteiger partial charge on any atom is -0.443 e. The molecule has 3 heteroatoms. The summed E-state index contributed by atoms with van der Waals surface area (Å²) in [5.74, 6) is 0.761. The van der Waals surface area contributed by atoms with Crippen molar-refractivity contribution in [2.24, 2.45) is 11.8 Å². The summed E-state index contributed by atoms with van der Waals surface area (Å²) < 4.78 is 5.23. The lowest BCUT2D eigenvalue weighted by molar-refractivity contribution is -0.152. The van der Waals surface area contributed by atoms with Crippen LogP contribution in [0.15, 0.2) is 12.7 Å². The van der Waals surface area contributed by atoms with Crippen molar-refractivity contribution in [2.75, 3.05) is 13.1 Å². The van der Waals surface area contributed by atoms with Crippen LogP contribution in [0.4, 0.5) is 0 Å². The number of carbonyl (C=O) groups is 1. The van der Waals surface area contributed by atoms with E-state index in [2.05, 4.69) is 39.2 Å². The molecule has 0 saturated carbocycles. The largest absolute Gasteiger partial charge is 0.443 e. The third-order valence-electron chi connectivity index (χ3n) is 2.17. The monoisotopic (exact) mass is 227 g/mol. The van der Waals surface area contributed by atoms with Crippen LogP contribution in [-0.2, 0) is 9.53 Å². The van der Waals surface area contributed by atoms with Crippen LogP contribution in [0.2, 0.25) is 0 Å². The molecular weight excluding hydrogens is 202 g/mol. The van der Waals surface area contributed by atoms with Crippen molar-refractivity contribution in [1.29, 1.82) is 0 Å². The molecule has 0 amide bonds. The first-order valence-electron chi connectivity index (χ1n) is 5.93. The Hall–Kier alpha value is -0.830. The third kappa shape index (κ3) is 6.62. The SMILES string of the molecule is C=CC(=O)OC(C)N(CC(C)C)CC(C)C. The van der Waals surface area contributed by atoms with E-state index in [9.17, 15) is 4.79 Å². The Labute approximate surface area is 99.5 Å². The zero-order valence-corrected chi connectivity index (χ0v) is 11.2. The van der Waals surface area contributed by atoms with Crippen LogP contribution in [-0.4, -0.2) is 30.2 Å². The maximum absolute atomic E-state index is 11.1. The minimum absolute atomic E-state index is 0.185. The second-order valence-electron chi connectivity index (χ2n) is 4.98. The maximum atomic E-state index is 11.1. The lowest BCUT2D eigenvalue weighted by Crippen LogP contribution is -2.41. The van der Waals surface area contributed by atoms with Crippen molar-refractivity contribution in [3.05, 3.63) is 12.7 Å². The summed E-state index contributed by atoms with van der Waals surface area (Å²) in [6, 6.07) is 0. The molecule has 0 aromatic heterocycles. The Kier molecular flexibility index (Phi) is 7.06. The molecule has 0 aromatic carbocycles. The van der Waals surface area contributed by atoms with Gasteiger partial charge in [0.1, 0.15) is 0 Å². The van der Waals surface area contributed by atoms with Gasteiger partial charge in [-0.25, -0.2) is 4.79 Å². The number of carbonyl (C=O) groups excluding carboxylic acids is 1. The Morgan fingerprint density at radius 1 is 1.19 bits per heavy atom. The fraction of sp³-hybridized carbons (Fsp3) is 0.769. The molecule has 0 saturated heterocycles. The number of hydrogen-bond donors (Lipinski definition) is 0. The molecule has 0 aliphatic rings. The van der Waals surface area contributed by atoms with Gasteiger partial charge in [0, 0.05) is 19.2 Å². The molecular formula is C13H25NO2. The Balaban J connectivity index is 4.35. The molecule has 0 aliphatic heterocycles. The predicted octanol–water partition coefficient (Wildman–Crippen LogP) is 2.68. The molecule has 0 spiro atoms. The molecule has 0 heterocycles. The molecule has 0 fully saturated rings. The smallest absolute Gasteiger partial charge is 0.331 e. The summed E-state index contributed by atoms with van der Waals surface area (Å²) in [5.41, 5.74) is 0. The van der Waals surface area contributed by atoms with E-state index >= 15 is 0 Å². The Morgan fingerprint density at radius 2 is 1.62 bits per heavy atom. The van der Waals surface area contributed by atoms with E-state index in [1.807, 2.05) is 6.92 Å². The highest BCUT2D eigenvalue weighted by molar-refractivity contribution is 5.81. The number of nitrogens with zero attached hydrogens (tertiary/aromatic N) is 1. The van der Waals surface area contributed by atoms with E-state index in [0.29, 0.717) is 11.8 Å². The zero-order valence-electron chi connectivity index (χ0n) is 11.2. The molecule has 0 aromatic rings. The van der Waals surface area contributed by atoms with Crippen molar-refractivity contribution < 1.29 is 9.53 Å². The summed E-state index contributed by atoms with van der Waals surface area (Å²) in [7, 11) is 0. The van der Waals surface area contributed by atoms with Crippen molar-refractivity contribution in [3.63, 3.8) is 0 Å². The molecule has 3 nitrogen and oxygen atoms in total. The molecule has 16 heavy (non-hydrogen) atoms. The van der Waals surface area contributed by atoms with Crippen molar-refractivity contribution in [1.82, 2.24) is 4.90 Å². The quantitative estimate of drug-likeness (QED) is 0.380. The topological polar surface area (TPSA) is 29.5 Å². The standard InChI is InChI=1S/C13H25NO2/c1-7-13(15)16-12(6)14(8-10(2)3)9-11(4)5/h7,10-12H,1,8-9H2,2-6H3. The Morgan fingerprint density at radius 3 is 1.94 bits per heavy atom. The van der Waals surface area contributed by atoms with Crippen LogP contribution in [0.1, 0.15) is 34.6 Å². The van der Waals surface area contributed by atoms with Gasteiger partial charge in [0.25, 0.3) is 0 Å². The molecule has 1 atom stereocenters. The summed E-state index contributed by atoms with van der Waals surface area (Å²) in [4.78, 5) is 13.3. The van der Waals surface area contributed by atoms with Crippen molar-refractivity contribution in [3.8, 4) is 0 Å². The molecule has 1 unspecified atom stereocenters. The van der Waals surface area contributed by atoms with Crippen LogP contribution >= 0.6 is 0 Å². The lowest BCUT2D eigenvalue weighted by atomic mass is 10.1. The van der Waals surface area contributed by atoms with E-state index in [1.165, 1.54) is 6.08 Å². The van der Waals surface area contributed by atoms with E-state index in [1.54, 1.807) is 0 Å². The average Bonchev–Trinajstić information content (AvgIpc) is 2.15. The third-order valence-corrected chi connectivity index (χ3v) is 2.17. The normalized spacial score (nSPS) is 13.2. The fourth-order valence-electron chi connectivity index (χ4n) is 1.60. The van der Waals surface area contributed by atoms with Crippen LogP contribution in [0.25, 0.3) is 0 Å². The van der Waals surface area contributed by atoms with Gasteiger partial charge in [-0.1, -0.05) is 34.3 Å². The summed E-state index contributed by atoms with van der Waals surface area (Å²) in [5, 5.41) is 0. The van der Waals surface area contributed by atoms with Gasteiger partial charge in [0.15, 0.2) is 6.23 Å². The first-order valence-corrected chi connectivity index (χ1v) is 5.93. The van der Waals surface area contributed by atoms with Gasteiger partial charge in [-0.15, -0.1) is 0 Å². The van der Waals surface area contributed by atoms with Crippen LogP contribution in [0.5, 0.6) is 0 Å². The Bertz CT molecular complexity index is 214. The van der Waals surface area contributed by atoms with Gasteiger partial charge < -0.3 is 4.74 Å². The molecule has 0 radical (unpaired) electrons. The summed E-state index contributed by atoms with van der Waals surface area (Å²) in [6.07, 6.45) is 1.02. The van der Waals surface area contributed by atoms with Crippen LogP contribution < -0.4 is 0 Å². The second-order valence-corrected chi connectivity index (χ2v) is 4.98. The van der Waals surface area contributed by atoms with E-state index < -0.39 is 0 Å². The fourth-order valence-corrected chi connectivity index (χ4v) is 1.60. The van der Waals surface area contributed by atoms with Gasteiger partial charge in [0.2, 0.25) is 0 Å². The predicted molar refractivity (Wildman–Crippen MR) is 67.0 cm³/mol. The first kappa shape index (κ1) is 15.2. The van der Waals surface area contributed by atoms with E-state index in [0.717, 1.165) is 13.1 Å². The number of hydrogen-bond acceptors (Lipinski definition) is 3. The van der Waals surface area contributed by atoms with Gasteiger partial charge in [-0.3, -0.25) is 4.90 Å². The van der Waals surface area contributed by atoms with Gasteiger partial charge in [-0.2, -0.15) is 0 Å². The van der Waals surface area contributed by atoms with Crippen LogP contribution in [0, 0.1) is 11.8 Å². The molecule has 0 rings (SSSR count). The van der Waals surface area contributed by atoms with E-state index in [-0.39, 0.29) is 12.2 Å². The second kappa shape index (κ2) is 7.44. The first-order chi connectivity index (χ1) is 7.36. The van der Waals surface area contributed by atoms with Crippen molar-refractivity contribution in [2.45, 2.75) is 40.8 Å². The molecule has 94 valence electrons. The molecule has 0 N–H and O–H groups in total. The number of rotatable bonds is 7. The van der Waals surface area contributed by atoms with E-state index in [4.69, 9.17) is 4.74 Å². The minimum atomic E-state index is -0.356. The highest BCUT2D eigenvalue weighted by Gasteiger charge is 2.18. The van der Waals surface area contributed by atoms with Gasteiger partial charge >= 0.3 is 5.97 Å². The highest BCUT2D eigenvalue weighted by Crippen LogP contribution is 2.09.